The van der Waals surface area contributed by atoms with Gasteiger partial charge in [0, 0.05) is 44.4 Å². The summed E-state index contributed by atoms with van der Waals surface area (Å²) < 4.78 is 5.53. The Hall–Kier alpha value is -1.42. The van der Waals surface area contributed by atoms with Gasteiger partial charge in [-0.15, -0.1) is 0 Å². The molecule has 0 aliphatic carbocycles. The molecule has 20 heavy (non-hydrogen) atoms. The fraction of sp³-hybridized carbons (Fsp3) is 0.533. The third-order valence-corrected chi connectivity index (χ3v) is 3.92. The number of carbonyl (C=O) groups is 1. The van der Waals surface area contributed by atoms with Crippen LogP contribution in [0.25, 0.3) is 0 Å². The van der Waals surface area contributed by atoms with Crippen LogP contribution >= 0.6 is 11.6 Å². The molecule has 1 amide bonds. The fourth-order valence-corrected chi connectivity index (χ4v) is 2.79. The van der Waals surface area contributed by atoms with E-state index < -0.39 is 0 Å². The fourth-order valence-electron chi connectivity index (χ4n) is 2.61. The van der Waals surface area contributed by atoms with E-state index in [1.807, 2.05) is 30.0 Å². The Morgan fingerprint density at radius 3 is 2.80 bits per heavy atom. The van der Waals surface area contributed by atoms with Crippen LogP contribution in [0, 0.1) is 0 Å². The molecule has 1 fully saturated rings. The van der Waals surface area contributed by atoms with Crippen molar-refractivity contribution in [2.75, 3.05) is 31.1 Å². The predicted molar refractivity (Wildman–Crippen MR) is 81.7 cm³/mol. The molecule has 1 aliphatic heterocycles. The third kappa shape index (κ3) is 3.18. The molecule has 1 unspecified atom stereocenters. The molecule has 0 spiro atoms. The smallest absolute Gasteiger partial charge is 0.219 e. The zero-order chi connectivity index (χ0) is 14.7. The van der Waals surface area contributed by atoms with Gasteiger partial charge in [0.25, 0.3) is 0 Å². The summed E-state index contributed by atoms with van der Waals surface area (Å²) in [5, 5.41) is 0.631. The second-order valence-corrected chi connectivity index (χ2v) is 5.46. The number of carbonyl (C=O) groups excluding carboxylic acids is 1. The molecule has 0 radical (unpaired) electrons. The van der Waals surface area contributed by atoms with Crippen LogP contribution in [0.1, 0.15) is 20.8 Å². The van der Waals surface area contributed by atoms with Gasteiger partial charge in [0.2, 0.25) is 5.91 Å². The van der Waals surface area contributed by atoms with Crippen LogP contribution in [-0.4, -0.2) is 43.1 Å². The number of hydrogen-bond acceptors (Lipinski definition) is 3. The minimum Gasteiger partial charge on any atom is -0.492 e. The van der Waals surface area contributed by atoms with E-state index in [-0.39, 0.29) is 11.9 Å². The van der Waals surface area contributed by atoms with Crippen molar-refractivity contribution >= 4 is 23.2 Å². The molecular weight excluding hydrogens is 276 g/mol. The number of rotatable bonds is 3. The van der Waals surface area contributed by atoms with Crippen molar-refractivity contribution < 1.29 is 9.53 Å². The highest BCUT2D eigenvalue weighted by molar-refractivity contribution is 6.32. The predicted octanol–water partition coefficient (Wildman–Crippen LogP) is 2.80. The lowest BCUT2D eigenvalue weighted by molar-refractivity contribution is -0.131. The molecule has 4 nitrogen and oxygen atoms in total. The van der Waals surface area contributed by atoms with Crippen LogP contribution in [0.3, 0.4) is 0 Å². The number of nitrogens with zero attached hydrogens (tertiary/aromatic N) is 2. The van der Waals surface area contributed by atoms with Gasteiger partial charge in [0.15, 0.2) is 0 Å². The molecule has 0 aromatic heterocycles. The van der Waals surface area contributed by atoms with E-state index in [0.29, 0.717) is 17.4 Å². The normalized spacial score (nSPS) is 19.1. The largest absolute Gasteiger partial charge is 0.492 e. The maximum absolute atomic E-state index is 11.5. The van der Waals surface area contributed by atoms with Crippen molar-refractivity contribution in [2.24, 2.45) is 0 Å². The lowest BCUT2D eigenvalue weighted by Crippen LogP contribution is -2.53. The third-order valence-electron chi connectivity index (χ3n) is 3.61. The topological polar surface area (TPSA) is 32.8 Å². The van der Waals surface area contributed by atoms with Crippen LogP contribution < -0.4 is 9.64 Å². The Morgan fingerprint density at radius 2 is 2.20 bits per heavy atom. The highest BCUT2D eigenvalue weighted by Crippen LogP contribution is 2.30. The average molecular weight is 297 g/mol. The molecule has 0 bridgehead atoms. The Kier molecular flexibility index (Phi) is 4.76. The Balaban J connectivity index is 2.13. The molecule has 1 saturated heterocycles. The SMILES string of the molecule is CCOc1cc(N2CCN(C(C)=O)C(C)C2)ccc1Cl. The average Bonchev–Trinajstić information content (AvgIpc) is 2.41. The van der Waals surface area contributed by atoms with Crippen molar-refractivity contribution in [3.8, 4) is 5.75 Å². The number of ether oxygens (including phenoxy) is 1. The second kappa shape index (κ2) is 6.35. The van der Waals surface area contributed by atoms with E-state index in [0.717, 1.165) is 25.3 Å². The summed E-state index contributed by atoms with van der Waals surface area (Å²) in [6.45, 7) is 8.65. The first-order valence-corrected chi connectivity index (χ1v) is 7.35. The Labute approximate surface area is 125 Å². The standard InChI is InChI=1S/C15H21ClN2O2/c1-4-20-15-9-13(5-6-14(15)16)17-7-8-18(12(3)19)11(2)10-17/h5-6,9,11H,4,7-8,10H2,1-3H3. The molecule has 1 atom stereocenters. The summed E-state index contributed by atoms with van der Waals surface area (Å²) in [5.41, 5.74) is 1.09. The first kappa shape index (κ1) is 15.0. The van der Waals surface area contributed by atoms with Gasteiger partial charge in [0.05, 0.1) is 11.6 Å². The summed E-state index contributed by atoms with van der Waals surface area (Å²) in [4.78, 5) is 15.7. The number of piperazine rings is 1. The Bertz CT molecular complexity index is 493. The number of hydrogen-bond donors (Lipinski definition) is 0. The number of amides is 1. The van der Waals surface area contributed by atoms with Gasteiger partial charge in [-0.3, -0.25) is 4.79 Å². The van der Waals surface area contributed by atoms with Gasteiger partial charge in [-0.2, -0.15) is 0 Å². The molecule has 2 rings (SSSR count). The minimum atomic E-state index is 0.142. The van der Waals surface area contributed by atoms with Gasteiger partial charge in [-0.25, -0.2) is 0 Å². The van der Waals surface area contributed by atoms with E-state index >= 15 is 0 Å². The van der Waals surface area contributed by atoms with E-state index in [9.17, 15) is 4.79 Å². The van der Waals surface area contributed by atoms with E-state index in [2.05, 4.69) is 11.8 Å². The molecule has 5 heteroatoms. The van der Waals surface area contributed by atoms with Crippen molar-refractivity contribution in [3.05, 3.63) is 23.2 Å². The van der Waals surface area contributed by atoms with Crippen LogP contribution in [0.5, 0.6) is 5.75 Å². The molecule has 0 N–H and O–H groups in total. The van der Waals surface area contributed by atoms with Crippen molar-refractivity contribution in [2.45, 2.75) is 26.8 Å². The lowest BCUT2D eigenvalue weighted by Gasteiger charge is -2.40. The molecule has 1 aromatic carbocycles. The van der Waals surface area contributed by atoms with E-state index in [1.54, 1.807) is 6.92 Å². The zero-order valence-corrected chi connectivity index (χ0v) is 13.0. The highest BCUT2D eigenvalue weighted by Gasteiger charge is 2.25. The van der Waals surface area contributed by atoms with Gasteiger partial charge in [-0.05, 0) is 26.0 Å². The summed E-state index contributed by atoms with van der Waals surface area (Å²) >= 11 is 6.11. The molecule has 1 aliphatic rings. The van der Waals surface area contributed by atoms with Crippen LogP contribution in [0.4, 0.5) is 5.69 Å². The molecule has 110 valence electrons. The summed E-state index contributed by atoms with van der Waals surface area (Å²) in [7, 11) is 0. The maximum atomic E-state index is 11.5. The van der Waals surface area contributed by atoms with Crippen LogP contribution in [0.2, 0.25) is 5.02 Å². The van der Waals surface area contributed by atoms with Gasteiger partial charge < -0.3 is 14.5 Å². The molecule has 1 heterocycles. The van der Waals surface area contributed by atoms with E-state index in [4.69, 9.17) is 16.3 Å². The molecule has 1 aromatic rings. The van der Waals surface area contributed by atoms with Crippen molar-refractivity contribution in [3.63, 3.8) is 0 Å². The number of halogens is 1. The first-order valence-electron chi connectivity index (χ1n) is 6.97. The van der Waals surface area contributed by atoms with E-state index in [1.165, 1.54) is 0 Å². The van der Waals surface area contributed by atoms with Gasteiger partial charge in [0.1, 0.15) is 5.75 Å². The Morgan fingerprint density at radius 1 is 1.45 bits per heavy atom. The van der Waals surface area contributed by atoms with Crippen LogP contribution in [0.15, 0.2) is 18.2 Å². The number of benzene rings is 1. The first-order chi connectivity index (χ1) is 9.52. The summed E-state index contributed by atoms with van der Waals surface area (Å²) in [5.74, 6) is 0.858. The van der Waals surface area contributed by atoms with Gasteiger partial charge in [-0.1, -0.05) is 11.6 Å². The van der Waals surface area contributed by atoms with Crippen LogP contribution in [-0.2, 0) is 4.79 Å². The van der Waals surface area contributed by atoms with Crippen molar-refractivity contribution in [1.82, 2.24) is 4.90 Å². The second-order valence-electron chi connectivity index (χ2n) is 5.06. The highest BCUT2D eigenvalue weighted by atomic mass is 35.5. The zero-order valence-electron chi connectivity index (χ0n) is 12.2. The minimum absolute atomic E-state index is 0.142. The van der Waals surface area contributed by atoms with Gasteiger partial charge >= 0.3 is 0 Å². The quantitative estimate of drug-likeness (QED) is 0.860. The lowest BCUT2D eigenvalue weighted by atomic mass is 10.1. The summed E-state index contributed by atoms with van der Waals surface area (Å²) in [6, 6.07) is 6.06. The van der Waals surface area contributed by atoms with Crippen molar-refractivity contribution in [1.29, 1.82) is 0 Å². The molecule has 0 saturated carbocycles. The monoisotopic (exact) mass is 296 g/mol. The maximum Gasteiger partial charge on any atom is 0.219 e. The summed E-state index contributed by atoms with van der Waals surface area (Å²) in [6.07, 6.45) is 0. The number of anilines is 1. The molecular formula is C15H21ClN2O2.